The van der Waals surface area contributed by atoms with Gasteiger partial charge in [-0.2, -0.15) is 18.3 Å². The van der Waals surface area contributed by atoms with Crippen molar-refractivity contribution < 1.29 is 32.7 Å². The van der Waals surface area contributed by atoms with Gasteiger partial charge in [0, 0.05) is 12.5 Å². The second-order valence-corrected chi connectivity index (χ2v) is 12.4. The predicted octanol–water partition coefficient (Wildman–Crippen LogP) is 6.39. The van der Waals surface area contributed by atoms with E-state index in [4.69, 9.17) is 28.3 Å². The fourth-order valence-electron chi connectivity index (χ4n) is 6.64. The van der Waals surface area contributed by atoms with Crippen molar-refractivity contribution >= 4 is 40.9 Å². The largest absolute Gasteiger partial charge is 0.481 e. The zero-order valence-electron chi connectivity index (χ0n) is 21.3. The topological polar surface area (TPSA) is 92.5 Å². The first-order chi connectivity index (χ1) is 18.2. The maximum atomic E-state index is 14.3. The maximum absolute atomic E-state index is 14.3. The van der Waals surface area contributed by atoms with Gasteiger partial charge in [0.2, 0.25) is 0 Å². The number of amides is 1. The van der Waals surface area contributed by atoms with Crippen LogP contribution in [0.2, 0.25) is 10.0 Å². The fraction of sp³-hybridized carbons (Fsp3) is 0.556. The highest BCUT2D eigenvalue weighted by molar-refractivity contribution is 6.40. The van der Waals surface area contributed by atoms with Crippen LogP contribution in [0, 0.1) is 23.2 Å². The molecule has 3 aliphatic rings. The van der Waals surface area contributed by atoms with Crippen molar-refractivity contribution in [2.45, 2.75) is 64.2 Å². The number of ketones is 1. The monoisotopic (exact) mass is 585 g/mol. The van der Waals surface area contributed by atoms with E-state index in [9.17, 15) is 27.6 Å². The number of Topliss-reactive ketones (excluding diaryl/α,β-unsaturated/α-hetero) is 1. The predicted molar refractivity (Wildman–Crippen MR) is 137 cm³/mol. The van der Waals surface area contributed by atoms with Gasteiger partial charge < -0.3 is 10.0 Å². The molecule has 1 aromatic carbocycles. The summed E-state index contributed by atoms with van der Waals surface area (Å²) in [4.78, 5) is 39.4. The molecular weight excluding hydrogens is 558 g/mol. The highest BCUT2D eigenvalue weighted by atomic mass is 35.5. The summed E-state index contributed by atoms with van der Waals surface area (Å²) in [7, 11) is 0. The van der Waals surface area contributed by atoms with E-state index >= 15 is 0 Å². The normalized spacial score (nSPS) is 27.0. The molecule has 1 N–H and O–H groups in total. The molecule has 5 rings (SSSR count). The summed E-state index contributed by atoms with van der Waals surface area (Å²) in [6, 6.07) is 3.47. The SMILES string of the molecule is CC1(C)[C@@H]2C[C@H](N(CC(=O)c3c(Cl)cccc3Cl)C(=O)c3cnn(C4CC(CC(=O)O)C4)c3C(F)(F)F)C[C@@H]21. The van der Waals surface area contributed by atoms with Gasteiger partial charge in [-0.05, 0) is 61.0 Å². The lowest BCUT2D eigenvalue weighted by Gasteiger charge is -2.36. The van der Waals surface area contributed by atoms with Crippen LogP contribution in [0.5, 0.6) is 0 Å². The summed E-state index contributed by atoms with van der Waals surface area (Å²) < 4.78 is 43.8. The Labute approximate surface area is 233 Å². The van der Waals surface area contributed by atoms with Gasteiger partial charge in [0.25, 0.3) is 5.91 Å². The Morgan fingerprint density at radius 3 is 2.23 bits per heavy atom. The van der Waals surface area contributed by atoms with Crippen molar-refractivity contribution in [1.82, 2.24) is 14.7 Å². The molecule has 0 saturated heterocycles. The molecule has 39 heavy (non-hydrogen) atoms. The number of nitrogens with zero attached hydrogens (tertiary/aromatic N) is 3. The quantitative estimate of drug-likeness (QED) is 0.362. The van der Waals surface area contributed by atoms with Crippen molar-refractivity contribution in [2.75, 3.05) is 6.54 Å². The Balaban J connectivity index is 1.46. The Hall–Kier alpha value is -2.59. The lowest BCUT2D eigenvalue weighted by Crippen LogP contribution is -2.44. The number of aliphatic carboxylic acids is 1. The number of aromatic nitrogens is 2. The van der Waals surface area contributed by atoms with Crippen molar-refractivity contribution in [3.05, 3.63) is 51.3 Å². The number of halogens is 5. The molecule has 0 unspecified atom stereocenters. The smallest absolute Gasteiger partial charge is 0.433 e. The summed E-state index contributed by atoms with van der Waals surface area (Å²) in [6.07, 6.45) is -2.50. The highest BCUT2D eigenvalue weighted by Crippen LogP contribution is 2.67. The number of carboxylic acids is 1. The summed E-state index contributed by atoms with van der Waals surface area (Å²) in [5.74, 6) is -2.10. The van der Waals surface area contributed by atoms with E-state index in [2.05, 4.69) is 18.9 Å². The van der Waals surface area contributed by atoms with Crippen molar-refractivity contribution in [3.63, 3.8) is 0 Å². The van der Waals surface area contributed by atoms with Crippen LogP contribution in [-0.4, -0.2) is 50.0 Å². The first-order valence-electron chi connectivity index (χ1n) is 12.8. The van der Waals surface area contributed by atoms with Crippen molar-refractivity contribution in [3.8, 4) is 0 Å². The number of carbonyl (C=O) groups excluding carboxylic acids is 2. The minimum Gasteiger partial charge on any atom is -0.481 e. The van der Waals surface area contributed by atoms with Gasteiger partial charge >= 0.3 is 12.1 Å². The first-order valence-corrected chi connectivity index (χ1v) is 13.6. The third-order valence-corrected chi connectivity index (χ3v) is 9.54. The molecule has 3 fully saturated rings. The summed E-state index contributed by atoms with van der Waals surface area (Å²) >= 11 is 12.4. The Morgan fingerprint density at radius 1 is 1.10 bits per heavy atom. The van der Waals surface area contributed by atoms with Crippen LogP contribution in [0.4, 0.5) is 13.2 Å². The lowest BCUT2D eigenvalue weighted by molar-refractivity contribution is -0.147. The van der Waals surface area contributed by atoms with E-state index in [1.54, 1.807) is 6.07 Å². The number of benzene rings is 1. The third kappa shape index (κ3) is 5.06. The molecule has 2 aromatic rings. The number of hydrogen-bond donors (Lipinski definition) is 1. The summed E-state index contributed by atoms with van der Waals surface area (Å²) in [5.41, 5.74) is -1.68. The number of rotatable bonds is 8. The van der Waals surface area contributed by atoms with Crippen LogP contribution in [0.3, 0.4) is 0 Å². The van der Waals surface area contributed by atoms with Gasteiger partial charge in [-0.15, -0.1) is 0 Å². The molecule has 210 valence electrons. The number of hydrogen-bond acceptors (Lipinski definition) is 4. The molecule has 7 nitrogen and oxygen atoms in total. The van der Waals surface area contributed by atoms with Gasteiger partial charge in [-0.25, -0.2) is 0 Å². The van der Waals surface area contributed by atoms with E-state index < -0.39 is 53.7 Å². The molecule has 1 amide bonds. The van der Waals surface area contributed by atoms with E-state index in [0.29, 0.717) is 24.7 Å². The average Bonchev–Trinajstić information content (AvgIpc) is 3.23. The summed E-state index contributed by atoms with van der Waals surface area (Å²) in [5, 5.41) is 13.1. The highest BCUT2D eigenvalue weighted by Gasteiger charge is 2.63. The first kappa shape index (κ1) is 28.0. The molecule has 0 radical (unpaired) electrons. The number of carboxylic acid groups (broad SMARTS) is 1. The van der Waals surface area contributed by atoms with Gasteiger partial charge in [0.1, 0.15) is 0 Å². The Kier molecular flexibility index (Phi) is 7.02. The van der Waals surface area contributed by atoms with E-state index in [1.807, 2.05) is 0 Å². The minimum absolute atomic E-state index is 0.0211. The Bertz CT molecular complexity index is 1300. The van der Waals surface area contributed by atoms with E-state index in [-0.39, 0.29) is 46.2 Å². The minimum atomic E-state index is -4.89. The zero-order valence-corrected chi connectivity index (χ0v) is 22.9. The van der Waals surface area contributed by atoms with Crippen LogP contribution in [0.25, 0.3) is 0 Å². The van der Waals surface area contributed by atoms with Crippen molar-refractivity contribution in [2.24, 2.45) is 23.2 Å². The molecule has 12 heteroatoms. The molecule has 1 aromatic heterocycles. The number of carbonyl (C=O) groups is 3. The summed E-state index contributed by atoms with van der Waals surface area (Å²) in [6.45, 7) is 3.78. The molecule has 0 bridgehead atoms. The van der Waals surface area contributed by atoms with Gasteiger partial charge in [-0.1, -0.05) is 43.1 Å². The van der Waals surface area contributed by atoms with Gasteiger partial charge in [-0.3, -0.25) is 19.1 Å². The fourth-order valence-corrected chi connectivity index (χ4v) is 7.25. The molecule has 3 atom stereocenters. The molecular formula is C27H28Cl2F3N3O4. The van der Waals surface area contributed by atoms with Crippen LogP contribution in [0.1, 0.15) is 78.4 Å². The molecule has 1 heterocycles. The van der Waals surface area contributed by atoms with Gasteiger partial charge in [0.05, 0.1) is 40.0 Å². The Morgan fingerprint density at radius 2 is 1.69 bits per heavy atom. The molecule has 0 aliphatic heterocycles. The third-order valence-electron chi connectivity index (χ3n) is 8.91. The number of alkyl halides is 3. The van der Waals surface area contributed by atoms with Crippen LogP contribution >= 0.6 is 23.2 Å². The second-order valence-electron chi connectivity index (χ2n) is 11.6. The lowest BCUT2D eigenvalue weighted by atomic mass is 9.78. The van der Waals surface area contributed by atoms with Crippen LogP contribution < -0.4 is 0 Å². The van der Waals surface area contributed by atoms with Crippen LogP contribution in [0.15, 0.2) is 24.4 Å². The van der Waals surface area contributed by atoms with Crippen molar-refractivity contribution in [1.29, 1.82) is 0 Å². The molecule has 0 spiro atoms. The van der Waals surface area contributed by atoms with Crippen LogP contribution in [-0.2, 0) is 11.0 Å². The maximum Gasteiger partial charge on any atom is 0.433 e. The van der Waals surface area contributed by atoms with E-state index in [1.165, 1.54) is 17.0 Å². The molecule has 3 saturated carbocycles. The molecule has 3 aliphatic carbocycles. The zero-order chi connectivity index (χ0) is 28.4. The standard InChI is InChI=1S/C27H28Cl2F3N3O4/c1-26(2)17-9-14(10-18(17)26)34(12-21(36)23-19(28)4-3-5-20(23)29)25(39)16-11-33-35(24(16)27(30,31)32)15-6-13(7-15)8-22(37)38/h3-5,11,13-15,17-18H,6-10,12H2,1-2H3,(H,37,38)/t13?,14-,15?,17+,18-. The van der Waals surface area contributed by atoms with Gasteiger partial charge in [0.15, 0.2) is 11.5 Å². The second kappa shape index (κ2) is 9.80. The average molecular weight is 586 g/mol. The van der Waals surface area contributed by atoms with E-state index in [0.717, 1.165) is 10.9 Å². The number of fused-ring (bicyclic) bond motifs is 1.